The Kier molecular flexibility index (Phi) is 5.20. The normalized spacial score (nSPS) is 12.7. The summed E-state index contributed by atoms with van der Waals surface area (Å²) in [5, 5.41) is 9.21. The summed E-state index contributed by atoms with van der Waals surface area (Å²) in [6.07, 6.45) is 2.69. The lowest BCUT2D eigenvalue weighted by atomic mass is 10.1. The number of aromatic nitrogens is 4. The quantitative estimate of drug-likeness (QED) is 0.674. The molecule has 7 heteroatoms. The average Bonchev–Trinajstić information content (AvgIpc) is 3.14. The number of nitrogens with zero attached hydrogens (tertiary/aromatic N) is 5. The molecular formula is C18H22ClN5O. The van der Waals surface area contributed by atoms with E-state index in [0.717, 1.165) is 29.1 Å². The van der Waals surface area contributed by atoms with E-state index in [1.54, 1.807) is 4.68 Å². The minimum Gasteiger partial charge on any atom is -0.361 e. The molecule has 0 aliphatic rings. The number of rotatable bonds is 6. The van der Waals surface area contributed by atoms with Crippen molar-refractivity contribution in [3.8, 4) is 11.4 Å². The third kappa shape index (κ3) is 3.91. The van der Waals surface area contributed by atoms with E-state index < -0.39 is 0 Å². The molecule has 0 spiro atoms. The van der Waals surface area contributed by atoms with Gasteiger partial charge in [0.1, 0.15) is 22.3 Å². The summed E-state index contributed by atoms with van der Waals surface area (Å²) in [5.41, 5.74) is 3.50. The highest BCUT2D eigenvalue weighted by Crippen LogP contribution is 2.29. The van der Waals surface area contributed by atoms with Crippen LogP contribution in [0.4, 0.5) is 0 Å². The highest BCUT2D eigenvalue weighted by Gasteiger charge is 2.22. The van der Waals surface area contributed by atoms with Gasteiger partial charge in [0, 0.05) is 49.6 Å². The minimum atomic E-state index is 0.304. The standard InChI is InChI=1S/C18H22ClN5O/c1-12(9-14-7-5-6-8-20-14)23(3)11-15-17(21-24(4)18(15)19)16-10-13(2)25-22-16/h5-8,10,12H,9,11H2,1-4H3. The third-order valence-electron chi connectivity index (χ3n) is 4.33. The van der Waals surface area contributed by atoms with E-state index >= 15 is 0 Å². The minimum absolute atomic E-state index is 0.304. The molecule has 0 aromatic carbocycles. The predicted molar refractivity (Wildman–Crippen MR) is 97.3 cm³/mol. The van der Waals surface area contributed by atoms with E-state index in [2.05, 4.69) is 34.1 Å². The molecule has 0 aliphatic heterocycles. The molecule has 1 unspecified atom stereocenters. The van der Waals surface area contributed by atoms with E-state index in [1.807, 2.05) is 44.4 Å². The van der Waals surface area contributed by atoms with Gasteiger partial charge in [-0.1, -0.05) is 22.8 Å². The lowest BCUT2D eigenvalue weighted by Gasteiger charge is -2.24. The molecule has 1 atom stereocenters. The number of halogens is 1. The van der Waals surface area contributed by atoms with Crippen LogP contribution in [0, 0.1) is 6.92 Å². The summed E-state index contributed by atoms with van der Waals surface area (Å²) >= 11 is 6.48. The van der Waals surface area contributed by atoms with Crippen LogP contribution in [-0.2, 0) is 20.0 Å². The Morgan fingerprint density at radius 3 is 2.80 bits per heavy atom. The van der Waals surface area contributed by atoms with Crippen molar-refractivity contribution in [1.29, 1.82) is 0 Å². The van der Waals surface area contributed by atoms with E-state index in [1.165, 1.54) is 0 Å². The van der Waals surface area contributed by atoms with Crippen LogP contribution in [0.3, 0.4) is 0 Å². The zero-order valence-corrected chi connectivity index (χ0v) is 15.7. The van der Waals surface area contributed by atoms with Crippen LogP contribution in [0.5, 0.6) is 0 Å². The van der Waals surface area contributed by atoms with Gasteiger partial charge in [0.25, 0.3) is 0 Å². The van der Waals surface area contributed by atoms with Crippen LogP contribution >= 0.6 is 11.6 Å². The Balaban J connectivity index is 1.80. The number of likely N-dealkylation sites (N-methyl/N-ethyl adjacent to an activating group) is 1. The van der Waals surface area contributed by atoms with Crippen LogP contribution < -0.4 is 0 Å². The first-order valence-electron chi connectivity index (χ1n) is 8.21. The van der Waals surface area contributed by atoms with E-state index in [-0.39, 0.29) is 0 Å². The highest BCUT2D eigenvalue weighted by molar-refractivity contribution is 6.30. The van der Waals surface area contributed by atoms with Crippen molar-refractivity contribution in [1.82, 2.24) is 24.8 Å². The van der Waals surface area contributed by atoms with Gasteiger partial charge < -0.3 is 4.52 Å². The first-order chi connectivity index (χ1) is 12.0. The molecule has 3 aromatic rings. The average molecular weight is 360 g/mol. The first kappa shape index (κ1) is 17.6. The van der Waals surface area contributed by atoms with Crippen LogP contribution in [0.25, 0.3) is 11.4 Å². The van der Waals surface area contributed by atoms with Gasteiger partial charge in [-0.2, -0.15) is 5.10 Å². The molecule has 0 bridgehead atoms. The first-order valence-corrected chi connectivity index (χ1v) is 8.58. The molecule has 0 radical (unpaired) electrons. The molecule has 3 rings (SSSR count). The molecular weight excluding hydrogens is 338 g/mol. The lowest BCUT2D eigenvalue weighted by molar-refractivity contribution is 0.247. The van der Waals surface area contributed by atoms with E-state index in [4.69, 9.17) is 16.1 Å². The fraction of sp³-hybridized carbons (Fsp3) is 0.389. The van der Waals surface area contributed by atoms with Crippen molar-refractivity contribution in [3.63, 3.8) is 0 Å². The number of hydrogen-bond donors (Lipinski definition) is 0. The van der Waals surface area contributed by atoms with Gasteiger partial charge in [-0.15, -0.1) is 0 Å². The van der Waals surface area contributed by atoms with E-state index in [0.29, 0.717) is 23.4 Å². The maximum absolute atomic E-state index is 6.48. The fourth-order valence-electron chi connectivity index (χ4n) is 2.75. The molecule has 132 valence electrons. The zero-order valence-electron chi connectivity index (χ0n) is 14.9. The van der Waals surface area contributed by atoms with Gasteiger partial charge in [0.05, 0.1) is 0 Å². The Labute approximate surface area is 152 Å². The summed E-state index contributed by atoms with van der Waals surface area (Å²) in [5.74, 6) is 0.750. The monoisotopic (exact) mass is 359 g/mol. The maximum Gasteiger partial charge on any atom is 0.134 e. The molecule has 0 saturated carbocycles. The lowest BCUT2D eigenvalue weighted by Crippen LogP contribution is -2.30. The summed E-state index contributed by atoms with van der Waals surface area (Å²) < 4.78 is 6.86. The summed E-state index contributed by atoms with van der Waals surface area (Å²) in [6, 6.07) is 8.17. The van der Waals surface area contributed by atoms with Crippen LogP contribution in [-0.4, -0.2) is 37.9 Å². The molecule has 3 heterocycles. The van der Waals surface area contributed by atoms with Crippen molar-refractivity contribution in [3.05, 3.63) is 52.6 Å². The molecule has 0 aliphatic carbocycles. The van der Waals surface area contributed by atoms with Gasteiger partial charge in [0.15, 0.2) is 0 Å². The van der Waals surface area contributed by atoms with Crippen LogP contribution in [0.15, 0.2) is 35.0 Å². The van der Waals surface area contributed by atoms with Gasteiger partial charge >= 0.3 is 0 Å². The third-order valence-corrected chi connectivity index (χ3v) is 4.80. The van der Waals surface area contributed by atoms with Crippen molar-refractivity contribution < 1.29 is 4.52 Å². The van der Waals surface area contributed by atoms with Crippen LogP contribution in [0.2, 0.25) is 5.15 Å². The second-order valence-electron chi connectivity index (χ2n) is 6.35. The molecule has 3 aromatic heterocycles. The molecule has 0 saturated heterocycles. The van der Waals surface area contributed by atoms with Gasteiger partial charge in [-0.25, -0.2) is 0 Å². The smallest absolute Gasteiger partial charge is 0.134 e. The Bertz CT molecular complexity index is 843. The number of aryl methyl sites for hydroxylation is 2. The molecule has 25 heavy (non-hydrogen) atoms. The molecule has 0 amide bonds. The summed E-state index contributed by atoms with van der Waals surface area (Å²) in [6.45, 7) is 4.71. The maximum atomic E-state index is 6.48. The van der Waals surface area contributed by atoms with E-state index in [9.17, 15) is 0 Å². The predicted octanol–water partition coefficient (Wildman–Crippen LogP) is 3.49. The van der Waals surface area contributed by atoms with Crippen LogP contribution in [0.1, 0.15) is 23.9 Å². The molecule has 6 nitrogen and oxygen atoms in total. The second kappa shape index (κ2) is 7.37. The Hall–Kier alpha value is -2.18. The zero-order chi connectivity index (χ0) is 18.0. The van der Waals surface area contributed by atoms with Gasteiger partial charge in [-0.3, -0.25) is 14.6 Å². The summed E-state index contributed by atoms with van der Waals surface area (Å²) in [4.78, 5) is 6.65. The largest absolute Gasteiger partial charge is 0.361 e. The topological polar surface area (TPSA) is 60.0 Å². The van der Waals surface area contributed by atoms with Crippen molar-refractivity contribution in [2.45, 2.75) is 32.9 Å². The Morgan fingerprint density at radius 2 is 2.16 bits per heavy atom. The van der Waals surface area contributed by atoms with Crippen molar-refractivity contribution >= 4 is 11.6 Å². The SMILES string of the molecule is Cc1cc(-c2nn(C)c(Cl)c2CN(C)C(C)Cc2ccccn2)no1. The molecule has 0 fully saturated rings. The Morgan fingerprint density at radius 1 is 1.36 bits per heavy atom. The second-order valence-corrected chi connectivity index (χ2v) is 6.71. The molecule has 0 N–H and O–H groups in total. The van der Waals surface area contributed by atoms with Gasteiger partial charge in [-0.05, 0) is 33.0 Å². The summed E-state index contributed by atoms with van der Waals surface area (Å²) in [7, 11) is 3.91. The van der Waals surface area contributed by atoms with Gasteiger partial charge in [0.2, 0.25) is 0 Å². The number of hydrogen-bond acceptors (Lipinski definition) is 5. The number of pyridine rings is 1. The fourth-order valence-corrected chi connectivity index (χ4v) is 2.94. The highest BCUT2D eigenvalue weighted by atomic mass is 35.5. The van der Waals surface area contributed by atoms with Crippen molar-refractivity contribution in [2.24, 2.45) is 7.05 Å². The van der Waals surface area contributed by atoms with Crippen molar-refractivity contribution in [2.75, 3.05) is 7.05 Å².